The van der Waals surface area contributed by atoms with Gasteiger partial charge in [-0.1, -0.05) is 18.2 Å². The van der Waals surface area contributed by atoms with Gasteiger partial charge >= 0.3 is 0 Å². The maximum absolute atomic E-state index is 11.6. The summed E-state index contributed by atoms with van der Waals surface area (Å²) >= 11 is 0. The Morgan fingerprint density at radius 3 is 2.78 bits per heavy atom. The van der Waals surface area contributed by atoms with Gasteiger partial charge in [0.15, 0.2) is 0 Å². The molecular formula is C14H21NO3. The second kappa shape index (κ2) is 7.71. The zero-order chi connectivity index (χ0) is 13.4. The number of nitrogens with one attached hydrogen (secondary N) is 1. The van der Waals surface area contributed by atoms with Gasteiger partial charge in [0.25, 0.3) is 0 Å². The predicted molar refractivity (Wildman–Crippen MR) is 70.8 cm³/mol. The van der Waals surface area contributed by atoms with Crippen LogP contribution in [-0.2, 0) is 9.53 Å². The zero-order valence-corrected chi connectivity index (χ0v) is 11.2. The molecule has 0 aliphatic carbocycles. The fraction of sp³-hybridized carbons (Fsp3) is 0.500. The van der Waals surface area contributed by atoms with Gasteiger partial charge in [0, 0.05) is 13.2 Å². The summed E-state index contributed by atoms with van der Waals surface area (Å²) in [7, 11) is 1.62. The molecular weight excluding hydrogens is 230 g/mol. The van der Waals surface area contributed by atoms with Crippen molar-refractivity contribution in [2.75, 3.05) is 20.3 Å². The van der Waals surface area contributed by atoms with Gasteiger partial charge in [-0.3, -0.25) is 4.79 Å². The average Bonchev–Trinajstić information content (AvgIpc) is 2.31. The van der Waals surface area contributed by atoms with Gasteiger partial charge in [-0.15, -0.1) is 0 Å². The van der Waals surface area contributed by atoms with Crippen molar-refractivity contribution in [2.45, 2.75) is 26.3 Å². The Morgan fingerprint density at radius 1 is 1.39 bits per heavy atom. The van der Waals surface area contributed by atoms with Crippen molar-refractivity contribution in [2.24, 2.45) is 0 Å². The normalized spacial score (nSPS) is 11.9. The topological polar surface area (TPSA) is 47.6 Å². The lowest BCUT2D eigenvalue weighted by Gasteiger charge is -2.13. The smallest absolute Gasteiger partial charge is 0.223 e. The Hall–Kier alpha value is -1.55. The van der Waals surface area contributed by atoms with E-state index in [-0.39, 0.29) is 11.9 Å². The van der Waals surface area contributed by atoms with E-state index < -0.39 is 0 Å². The number of rotatable bonds is 7. The van der Waals surface area contributed by atoms with Crippen LogP contribution in [0.15, 0.2) is 24.3 Å². The van der Waals surface area contributed by atoms with Crippen LogP contribution in [0.2, 0.25) is 0 Å². The Kier molecular flexibility index (Phi) is 6.22. The summed E-state index contributed by atoms with van der Waals surface area (Å²) in [6.45, 7) is 4.79. The number of aryl methyl sites for hydroxylation is 1. The van der Waals surface area contributed by atoms with Crippen LogP contribution in [0.5, 0.6) is 5.75 Å². The highest BCUT2D eigenvalue weighted by molar-refractivity contribution is 5.76. The Balaban J connectivity index is 2.25. The first-order valence-corrected chi connectivity index (χ1v) is 6.10. The summed E-state index contributed by atoms with van der Waals surface area (Å²) in [5.74, 6) is 0.809. The number of para-hydroxylation sites is 1. The Morgan fingerprint density at radius 2 is 2.11 bits per heavy atom. The molecule has 0 radical (unpaired) electrons. The number of ether oxygens (including phenoxy) is 2. The molecule has 0 aromatic heterocycles. The third-order valence-electron chi connectivity index (χ3n) is 2.50. The Labute approximate surface area is 108 Å². The third kappa shape index (κ3) is 5.19. The number of amides is 1. The number of hydrogen-bond acceptors (Lipinski definition) is 3. The van der Waals surface area contributed by atoms with E-state index in [4.69, 9.17) is 9.47 Å². The van der Waals surface area contributed by atoms with E-state index in [0.29, 0.717) is 19.6 Å². The van der Waals surface area contributed by atoms with E-state index in [1.165, 1.54) is 0 Å². The van der Waals surface area contributed by atoms with Crippen LogP contribution in [0.1, 0.15) is 18.9 Å². The van der Waals surface area contributed by atoms with E-state index in [1.54, 1.807) is 7.11 Å². The molecule has 0 aliphatic rings. The van der Waals surface area contributed by atoms with E-state index >= 15 is 0 Å². The number of carbonyl (C=O) groups is 1. The van der Waals surface area contributed by atoms with E-state index in [9.17, 15) is 4.79 Å². The molecule has 0 spiro atoms. The minimum absolute atomic E-state index is 0.0202. The third-order valence-corrected chi connectivity index (χ3v) is 2.50. The van der Waals surface area contributed by atoms with Gasteiger partial charge in [0.1, 0.15) is 5.75 Å². The van der Waals surface area contributed by atoms with Crippen molar-refractivity contribution >= 4 is 5.91 Å². The van der Waals surface area contributed by atoms with Gasteiger partial charge in [0.05, 0.1) is 19.6 Å². The quantitative estimate of drug-likeness (QED) is 0.805. The standard InChI is InChI=1S/C14H21NO3/c1-11-6-4-5-7-13(11)18-9-8-14(16)15-12(2)10-17-3/h4-7,12H,8-10H2,1-3H3,(H,15,16). The molecule has 0 saturated carbocycles. The number of methoxy groups -OCH3 is 1. The summed E-state index contributed by atoms with van der Waals surface area (Å²) in [6, 6.07) is 7.79. The highest BCUT2D eigenvalue weighted by atomic mass is 16.5. The zero-order valence-electron chi connectivity index (χ0n) is 11.2. The average molecular weight is 251 g/mol. The van der Waals surface area contributed by atoms with E-state index in [0.717, 1.165) is 11.3 Å². The number of hydrogen-bond donors (Lipinski definition) is 1. The van der Waals surface area contributed by atoms with Gasteiger partial charge < -0.3 is 14.8 Å². The van der Waals surface area contributed by atoms with Crippen LogP contribution in [-0.4, -0.2) is 32.3 Å². The summed E-state index contributed by atoms with van der Waals surface area (Å²) in [5, 5.41) is 2.84. The lowest BCUT2D eigenvalue weighted by Crippen LogP contribution is -2.36. The van der Waals surface area contributed by atoms with Crippen LogP contribution < -0.4 is 10.1 Å². The number of carbonyl (C=O) groups excluding carboxylic acids is 1. The second-order valence-electron chi connectivity index (χ2n) is 4.29. The highest BCUT2D eigenvalue weighted by Crippen LogP contribution is 2.16. The molecule has 1 aromatic rings. The van der Waals surface area contributed by atoms with E-state index in [2.05, 4.69) is 5.32 Å². The molecule has 0 bridgehead atoms. The molecule has 4 heteroatoms. The maximum atomic E-state index is 11.6. The molecule has 0 saturated heterocycles. The molecule has 4 nitrogen and oxygen atoms in total. The summed E-state index contributed by atoms with van der Waals surface area (Å²) in [5.41, 5.74) is 1.07. The molecule has 0 aliphatic heterocycles. The first kappa shape index (κ1) is 14.5. The van der Waals surface area contributed by atoms with Crippen LogP contribution >= 0.6 is 0 Å². The Bertz CT molecular complexity index is 379. The fourth-order valence-electron chi connectivity index (χ4n) is 1.61. The maximum Gasteiger partial charge on any atom is 0.223 e. The molecule has 1 rings (SSSR count). The van der Waals surface area contributed by atoms with Crippen molar-refractivity contribution in [1.29, 1.82) is 0 Å². The van der Waals surface area contributed by atoms with Crippen molar-refractivity contribution in [1.82, 2.24) is 5.32 Å². The van der Waals surface area contributed by atoms with Crippen molar-refractivity contribution in [3.05, 3.63) is 29.8 Å². The molecule has 18 heavy (non-hydrogen) atoms. The molecule has 1 N–H and O–H groups in total. The first-order chi connectivity index (χ1) is 8.63. The molecule has 1 unspecified atom stereocenters. The SMILES string of the molecule is COCC(C)NC(=O)CCOc1ccccc1C. The molecule has 1 aromatic carbocycles. The lowest BCUT2D eigenvalue weighted by atomic mass is 10.2. The minimum Gasteiger partial charge on any atom is -0.493 e. The van der Waals surface area contributed by atoms with Gasteiger partial charge in [0.2, 0.25) is 5.91 Å². The van der Waals surface area contributed by atoms with Gasteiger partial charge in [-0.2, -0.15) is 0 Å². The van der Waals surface area contributed by atoms with Gasteiger partial charge in [-0.05, 0) is 25.5 Å². The summed E-state index contributed by atoms with van der Waals surface area (Å²) < 4.78 is 10.5. The first-order valence-electron chi connectivity index (χ1n) is 6.10. The highest BCUT2D eigenvalue weighted by Gasteiger charge is 2.07. The monoisotopic (exact) mass is 251 g/mol. The molecule has 1 amide bonds. The van der Waals surface area contributed by atoms with Crippen LogP contribution in [0.25, 0.3) is 0 Å². The van der Waals surface area contributed by atoms with E-state index in [1.807, 2.05) is 38.1 Å². The van der Waals surface area contributed by atoms with Crippen molar-refractivity contribution < 1.29 is 14.3 Å². The molecule has 100 valence electrons. The fourth-order valence-corrected chi connectivity index (χ4v) is 1.61. The van der Waals surface area contributed by atoms with Crippen LogP contribution in [0.3, 0.4) is 0 Å². The van der Waals surface area contributed by atoms with Crippen molar-refractivity contribution in [3.63, 3.8) is 0 Å². The molecule has 1 atom stereocenters. The van der Waals surface area contributed by atoms with Crippen LogP contribution in [0, 0.1) is 6.92 Å². The molecule has 0 heterocycles. The largest absolute Gasteiger partial charge is 0.493 e. The number of benzene rings is 1. The lowest BCUT2D eigenvalue weighted by molar-refractivity contribution is -0.122. The minimum atomic E-state index is -0.0202. The summed E-state index contributed by atoms with van der Waals surface area (Å²) in [4.78, 5) is 11.6. The predicted octanol–water partition coefficient (Wildman–Crippen LogP) is 1.92. The second-order valence-corrected chi connectivity index (χ2v) is 4.29. The van der Waals surface area contributed by atoms with Gasteiger partial charge in [-0.25, -0.2) is 0 Å². The summed E-state index contributed by atoms with van der Waals surface area (Å²) in [6.07, 6.45) is 0.350. The van der Waals surface area contributed by atoms with Crippen molar-refractivity contribution in [3.8, 4) is 5.75 Å². The molecule has 0 fully saturated rings. The van der Waals surface area contributed by atoms with Crippen LogP contribution in [0.4, 0.5) is 0 Å².